The van der Waals surface area contributed by atoms with Crippen molar-refractivity contribution in [3.8, 4) is 0 Å². The largest absolute Gasteiger partial charge is 0.462 e. The van der Waals surface area contributed by atoms with Crippen molar-refractivity contribution in [2.24, 2.45) is 0 Å². The van der Waals surface area contributed by atoms with Gasteiger partial charge < -0.3 is 15.0 Å². The number of benzene rings is 2. The van der Waals surface area contributed by atoms with E-state index < -0.39 is 5.54 Å². The number of nitrogens with zero attached hydrogens (tertiary/aromatic N) is 1. The second kappa shape index (κ2) is 9.16. The lowest BCUT2D eigenvalue weighted by Gasteiger charge is -2.39. The number of anilines is 2. The Morgan fingerprint density at radius 3 is 2.53 bits per heavy atom. The molecule has 1 amide bonds. The number of carbonyl (C=O) groups is 2. The molecule has 5 heteroatoms. The average Bonchev–Trinajstić information content (AvgIpc) is 2.72. The zero-order valence-corrected chi connectivity index (χ0v) is 18.1. The monoisotopic (exact) mass is 406 g/mol. The highest BCUT2D eigenvalue weighted by Crippen LogP contribution is 2.34. The summed E-state index contributed by atoms with van der Waals surface area (Å²) < 4.78 is 5.31. The molecule has 30 heavy (non-hydrogen) atoms. The van der Waals surface area contributed by atoms with E-state index in [0.717, 1.165) is 16.9 Å². The van der Waals surface area contributed by atoms with E-state index >= 15 is 0 Å². The molecular formula is C25H30N2O3. The summed E-state index contributed by atoms with van der Waals surface area (Å²) in [4.78, 5) is 26.6. The van der Waals surface area contributed by atoms with Crippen molar-refractivity contribution in [1.82, 2.24) is 0 Å². The third-order valence-electron chi connectivity index (χ3n) is 5.21. The van der Waals surface area contributed by atoms with Crippen LogP contribution in [0.5, 0.6) is 0 Å². The fourth-order valence-corrected chi connectivity index (χ4v) is 3.47. The summed E-state index contributed by atoms with van der Waals surface area (Å²) in [5, 5.41) is 3.28. The van der Waals surface area contributed by atoms with Gasteiger partial charge in [0, 0.05) is 12.6 Å². The van der Waals surface area contributed by atoms with Crippen LogP contribution in [0.25, 0.3) is 6.08 Å². The quantitative estimate of drug-likeness (QED) is 0.400. The molecule has 0 unspecified atom stereocenters. The molecule has 0 aliphatic carbocycles. The first-order chi connectivity index (χ1) is 14.3. The van der Waals surface area contributed by atoms with Crippen LogP contribution in [0.15, 0.2) is 54.6 Å². The van der Waals surface area contributed by atoms with Gasteiger partial charge in [-0.15, -0.1) is 0 Å². The van der Waals surface area contributed by atoms with E-state index in [1.165, 1.54) is 11.6 Å². The SMILES string of the molecule is CC(C)c1ccc(/C=C/C(=O)OCCCN2C(=O)C(C)(C)Nc3ccccc32)cc1. The number of nitrogens with one attached hydrogen (secondary N) is 1. The van der Waals surface area contributed by atoms with Gasteiger partial charge >= 0.3 is 5.97 Å². The minimum Gasteiger partial charge on any atom is -0.462 e. The van der Waals surface area contributed by atoms with Gasteiger partial charge in [0.1, 0.15) is 5.54 Å². The first-order valence-corrected chi connectivity index (χ1v) is 10.4. The molecule has 0 fully saturated rings. The molecule has 0 bridgehead atoms. The fraction of sp³-hybridized carbons (Fsp3) is 0.360. The summed E-state index contributed by atoms with van der Waals surface area (Å²) in [6.07, 6.45) is 3.77. The van der Waals surface area contributed by atoms with Crippen LogP contribution >= 0.6 is 0 Å². The van der Waals surface area contributed by atoms with Crippen molar-refractivity contribution in [1.29, 1.82) is 0 Å². The molecular weight excluding hydrogens is 376 g/mol. The number of hydrogen-bond donors (Lipinski definition) is 1. The highest BCUT2D eigenvalue weighted by Gasteiger charge is 2.38. The van der Waals surface area contributed by atoms with Gasteiger partial charge in [0.05, 0.1) is 18.0 Å². The van der Waals surface area contributed by atoms with Gasteiger partial charge in [-0.1, -0.05) is 50.2 Å². The lowest BCUT2D eigenvalue weighted by atomic mass is 9.98. The van der Waals surface area contributed by atoms with Crippen molar-refractivity contribution in [3.63, 3.8) is 0 Å². The molecule has 2 aromatic rings. The molecule has 158 valence electrons. The minimum absolute atomic E-state index is 0.0114. The summed E-state index contributed by atoms with van der Waals surface area (Å²) in [5.41, 5.74) is 3.35. The summed E-state index contributed by atoms with van der Waals surface area (Å²) in [6, 6.07) is 15.9. The van der Waals surface area contributed by atoms with E-state index in [-0.39, 0.29) is 18.5 Å². The number of carbonyl (C=O) groups excluding carboxylic acids is 2. The molecule has 2 aromatic carbocycles. The number of amides is 1. The lowest BCUT2D eigenvalue weighted by Crippen LogP contribution is -2.54. The zero-order valence-electron chi connectivity index (χ0n) is 18.1. The molecule has 1 heterocycles. The van der Waals surface area contributed by atoms with Gasteiger partial charge in [0.15, 0.2) is 0 Å². The minimum atomic E-state index is -0.668. The van der Waals surface area contributed by atoms with E-state index in [4.69, 9.17) is 4.74 Å². The fourth-order valence-electron chi connectivity index (χ4n) is 3.47. The van der Waals surface area contributed by atoms with Gasteiger partial charge in [0.2, 0.25) is 0 Å². The number of para-hydroxylation sites is 2. The summed E-state index contributed by atoms with van der Waals surface area (Å²) in [7, 11) is 0. The number of ether oxygens (including phenoxy) is 1. The average molecular weight is 407 g/mol. The van der Waals surface area contributed by atoms with E-state index in [0.29, 0.717) is 18.9 Å². The Labute approximate surface area is 178 Å². The third kappa shape index (κ3) is 5.09. The molecule has 0 radical (unpaired) electrons. The van der Waals surface area contributed by atoms with Crippen molar-refractivity contribution in [3.05, 3.63) is 65.7 Å². The molecule has 3 rings (SSSR count). The highest BCUT2D eigenvalue weighted by molar-refractivity contribution is 6.07. The highest BCUT2D eigenvalue weighted by atomic mass is 16.5. The van der Waals surface area contributed by atoms with Gasteiger partial charge in [0.25, 0.3) is 5.91 Å². The number of fused-ring (bicyclic) bond motifs is 1. The Hall–Kier alpha value is -3.08. The maximum absolute atomic E-state index is 12.8. The zero-order chi connectivity index (χ0) is 21.7. The molecule has 1 aliphatic heterocycles. The number of hydrogen-bond acceptors (Lipinski definition) is 4. The van der Waals surface area contributed by atoms with E-state index in [9.17, 15) is 9.59 Å². The van der Waals surface area contributed by atoms with Crippen molar-refractivity contribution >= 4 is 29.3 Å². The van der Waals surface area contributed by atoms with Crippen LogP contribution in [0.2, 0.25) is 0 Å². The predicted molar refractivity (Wildman–Crippen MR) is 122 cm³/mol. The molecule has 0 aromatic heterocycles. The van der Waals surface area contributed by atoms with E-state index in [1.807, 2.05) is 50.2 Å². The van der Waals surface area contributed by atoms with Gasteiger partial charge in [-0.05, 0) is 55.5 Å². The van der Waals surface area contributed by atoms with Crippen LogP contribution < -0.4 is 10.2 Å². The Kier molecular flexibility index (Phi) is 6.60. The predicted octanol–water partition coefficient (Wildman–Crippen LogP) is 4.99. The van der Waals surface area contributed by atoms with Crippen molar-refractivity contribution in [2.45, 2.75) is 45.6 Å². The van der Waals surface area contributed by atoms with Crippen molar-refractivity contribution in [2.75, 3.05) is 23.4 Å². The smallest absolute Gasteiger partial charge is 0.330 e. The molecule has 0 saturated heterocycles. The molecule has 1 N–H and O–H groups in total. The second-order valence-electron chi connectivity index (χ2n) is 8.40. The van der Waals surface area contributed by atoms with Crippen LogP contribution in [0, 0.1) is 0 Å². The Morgan fingerprint density at radius 2 is 1.83 bits per heavy atom. The lowest BCUT2D eigenvalue weighted by molar-refractivity contribution is -0.137. The molecule has 0 spiro atoms. The first kappa shape index (κ1) is 21.6. The summed E-state index contributed by atoms with van der Waals surface area (Å²) >= 11 is 0. The standard InChI is InChI=1S/C25H30N2O3/c1-18(2)20-13-10-19(11-14-20)12-15-23(28)30-17-7-16-27-22-9-6-5-8-21(22)26-25(3,4)24(27)29/h5-6,8-15,18,26H,7,16-17H2,1-4H3/b15-12+. The maximum Gasteiger partial charge on any atom is 0.330 e. The first-order valence-electron chi connectivity index (χ1n) is 10.4. The summed E-state index contributed by atoms with van der Waals surface area (Å²) in [6.45, 7) is 8.79. The van der Waals surface area contributed by atoms with Crippen LogP contribution in [0.3, 0.4) is 0 Å². The second-order valence-corrected chi connectivity index (χ2v) is 8.40. The van der Waals surface area contributed by atoms with Crippen LogP contribution in [-0.4, -0.2) is 30.6 Å². The van der Waals surface area contributed by atoms with Gasteiger partial charge in [-0.2, -0.15) is 0 Å². The Bertz CT molecular complexity index is 930. The number of rotatable bonds is 7. The molecule has 0 saturated carbocycles. The Morgan fingerprint density at radius 1 is 1.13 bits per heavy atom. The topological polar surface area (TPSA) is 58.6 Å². The van der Waals surface area contributed by atoms with Crippen LogP contribution in [-0.2, 0) is 14.3 Å². The van der Waals surface area contributed by atoms with Crippen LogP contribution in [0.1, 0.15) is 51.2 Å². The summed E-state index contributed by atoms with van der Waals surface area (Å²) in [5.74, 6) is 0.112. The van der Waals surface area contributed by atoms with E-state index in [1.54, 1.807) is 11.0 Å². The maximum atomic E-state index is 12.8. The molecule has 1 aliphatic rings. The van der Waals surface area contributed by atoms with E-state index in [2.05, 4.69) is 31.3 Å². The normalized spacial score (nSPS) is 15.2. The van der Waals surface area contributed by atoms with Gasteiger partial charge in [-0.3, -0.25) is 4.79 Å². The number of esters is 1. The van der Waals surface area contributed by atoms with Crippen LogP contribution in [0.4, 0.5) is 11.4 Å². The third-order valence-corrected chi connectivity index (χ3v) is 5.21. The molecule has 0 atom stereocenters. The van der Waals surface area contributed by atoms with Crippen molar-refractivity contribution < 1.29 is 14.3 Å². The Balaban J connectivity index is 1.51. The molecule has 5 nitrogen and oxygen atoms in total. The van der Waals surface area contributed by atoms with Gasteiger partial charge in [-0.25, -0.2) is 4.79 Å².